The Bertz CT molecular complexity index is 1270. The van der Waals surface area contributed by atoms with Gasteiger partial charge in [0.1, 0.15) is 23.4 Å². The number of benzene rings is 2. The predicted octanol–water partition coefficient (Wildman–Crippen LogP) is 3.79. The van der Waals surface area contributed by atoms with Gasteiger partial charge in [-0.3, -0.25) is 9.36 Å². The number of hydrogen-bond donors (Lipinski definition) is 1. The van der Waals surface area contributed by atoms with Crippen LogP contribution in [0.5, 0.6) is 11.5 Å². The maximum Gasteiger partial charge on any atom is 0.287 e. The summed E-state index contributed by atoms with van der Waals surface area (Å²) in [6.07, 6.45) is -1.36. The summed E-state index contributed by atoms with van der Waals surface area (Å²) in [5, 5.41) is 9.26. The van der Waals surface area contributed by atoms with Crippen LogP contribution in [-0.2, 0) is 0 Å². The number of halogens is 3. The van der Waals surface area contributed by atoms with Gasteiger partial charge in [-0.15, -0.1) is 0 Å². The van der Waals surface area contributed by atoms with Crippen LogP contribution in [0.3, 0.4) is 0 Å². The van der Waals surface area contributed by atoms with Crippen LogP contribution in [-0.4, -0.2) is 52.6 Å². The Morgan fingerprint density at radius 3 is 2.33 bits per heavy atom. The van der Waals surface area contributed by atoms with Crippen molar-refractivity contribution in [3.8, 4) is 28.3 Å². The highest BCUT2D eigenvalue weighted by Crippen LogP contribution is 2.34. The van der Waals surface area contributed by atoms with E-state index in [-0.39, 0.29) is 17.1 Å². The number of rotatable bonds is 7. The van der Waals surface area contributed by atoms with E-state index in [0.717, 1.165) is 16.6 Å². The third-order valence-corrected chi connectivity index (χ3v) is 4.95. The summed E-state index contributed by atoms with van der Waals surface area (Å²) in [5.41, 5.74) is 3.57. The Kier molecular flexibility index (Phi) is 6.11. The van der Waals surface area contributed by atoms with Crippen molar-refractivity contribution in [2.75, 3.05) is 14.2 Å². The second-order valence-corrected chi connectivity index (χ2v) is 6.88. The summed E-state index contributed by atoms with van der Waals surface area (Å²) in [5.74, 6) is -1.05. The first-order valence-corrected chi connectivity index (χ1v) is 9.66. The number of hydrogen-bond acceptors (Lipinski definition) is 6. The van der Waals surface area contributed by atoms with Crippen molar-refractivity contribution >= 4 is 16.9 Å². The van der Waals surface area contributed by atoms with Crippen molar-refractivity contribution in [3.63, 3.8) is 0 Å². The average molecular weight is 457 g/mol. The summed E-state index contributed by atoms with van der Waals surface area (Å²) in [7, 11) is 2.60. The highest BCUT2D eigenvalue weighted by Gasteiger charge is 2.27. The lowest BCUT2D eigenvalue weighted by Gasteiger charge is -2.17. The number of aromatic nitrogens is 4. The molecule has 33 heavy (non-hydrogen) atoms. The Labute approximate surface area is 186 Å². The predicted molar refractivity (Wildman–Crippen MR) is 114 cm³/mol. The van der Waals surface area contributed by atoms with Gasteiger partial charge in [0, 0.05) is 17.7 Å². The van der Waals surface area contributed by atoms with Gasteiger partial charge < -0.3 is 14.8 Å². The van der Waals surface area contributed by atoms with Gasteiger partial charge >= 0.3 is 0 Å². The fraction of sp³-hybridized carbons (Fsp3) is 0.182. The first-order valence-electron chi connectivity index (χ1n) is 9.66. The molecular formula is C22H18F3N5O3. The number of carbonyl (C=O) groups excluding carboxylic acids is 1. The summed E-state index contributed by atoms with van der Waals surface area (Å²) >= 11 is 0. The van der Waals surface area contributed by atoms with Crippen LogP contribution < -0.4 is 14.8 Å². The van der Waals surface area contributed by atoms with Crippen LogP contribution in [0.1, 0.15) is 10.4 Å². The Morgan fingerprint density at radius 1 is 1.00 bits per heavy atom. The number of fused-ring (bicyclic) bond motifs is 1. The van der Waals surface area contributed by atoms with Crippen molar-refractivity contribution in [2.24, 2.45) is 0 Å². The van der Waals surface area contributed by atoms with E-state index in [2.05, 4.69) is 15.2 Å². The fourth-order valence-electron chi connectivity index (χ4n) is 3.38. The Morgan fingerprint density at radius 2 is 1.73 bits per heavy atom. The first kappa shape index (κ1) is 22.1. The minimum Gasteiger partial charge on any atom is -0.496 e. The van der Waals surface area contributed by atoms with Crippen LogP contribution in [0.15, 0.2) is 55.1 Å². The minimum absolute atomic E-state index is 0.0182. The second kappa shape index (κ2) is 9.15. The molecule has 0 fully saturated rings. The summed E-state index contributed by atoms with van der Waals surface area (Å²) in [6.45, 7) is 0. The van der Waals surface area contributed by atoms with Crippen LogP contribution in [0, 0.1) is 0 Å². The largest absolute Gasteiger partial charge is 0.496 e. The quantitative estimate of drug-likeness (QED) is 0.425. The first-order chi connectivity index (χ1) is 15.9. The highest BCUT2D eigenvalue weighted by molar-refractivity contribution is 6.00. The molecule has 2 aromatic heterocycles. The van der Waals surface area contributed by atoms with Gasteiger partial charge in [0.05, 0.1) is 43.3 Å². The third-order valence-electron chi connectivity index (χ3n) is 4.95. The molecule has 0 saturated heterocycles. The zero-order valence-electron chi connectivity index (χ0n) is 17.5. The molecule has 1 unspecified atom stereocenters. The number of methoxy groups -OCH3 is 2. The van der Waals surface area contributed by atoms with Crippen LogP contribution >= 0.6 is 0 Å². The molecule has 11 heteroatoms. The molecule has 0 aliphatic heterocycles. The number of imidazole rings is 1. The Balaban J connectivity index is 1.75. The summed E-state index contributed by atoms with van der Waals surface area (Å²) < 4.78 is 50.8. The van der Waals surface area contributed by atoms with E-state index < -0.39 is 18.6 Å². The van der Waals surface area contributed by atoms with Crippen molar-refractivity contribution in [3.05, 3.63) is 60.7 Å². The van der Waals surface area contributed by atoms with E-state index in [4.69, 9.17) is 9.47 Å². The molecule has 2 aromatic carbocycles. The smallest absolute Gasteiger partial charge is 0.287 e. The van der Waals surface area contributed by atoms with Crippen LogP contribution in [0.25, 0.3) is 27.8 Å². The monoisotopic (exact) mass is 457 g/mol. The molecule has 0 spiro atoms. The molecule has 170 valence electrons. The highest BCUT2D eigenvalue weighted by atomic mass is 19.3. The molecule has 0 bridgehead atoms. The third kappa shape index (κ3) is 4.29. The SMILES string of the molecule is COc1cc(-n2cnc3cc(-c4ccnnc4)ccc32)cc(OC)c1C(=O)NC(F)C(F)F. The molecule has 1 N–H and O–H groups in total. The lowest BCUT2D eigenvalue weighted by Crippen LogP contribution is -2.36. The van der Waals surface area contributed by atoms with Gasteiger partial charge in [0.25, 0.3) is 12.3 Å². The van der Waals surface area contributed by atoms with Crippen molar-refractivity contribution in [1.82, 2.24) is 25.1 Å². The zero-order valence-corrected chi connectivity index (χ0v) is 17.5. The van der Waals surface area contributed by atoms with Crippen LogP contribution in [0.4, 0.5) is 13.2 Å². The number of nitrogens with zero attached hydrogens (tertiary/aromatic N) is 4. The standard InChI is InChI=1S/C22H18F3N5O3/c1-32-17-8-14(9-18(33-2)19(17)22(31)29-21(25)20(23)24)30-11-26-15-7-12(3-4-16(15)30)13-5-6-27-28-10-13/h3-11,20-21H,1-2H3,(H,29,31). The van der Waals surface area contributed by atoms with Gasteiger partial charge in [-0.2, -0.15) is 10.2 Å². The van der Waals surface area contributed by atoms with E-state index in [0.29, 0.717) is 11.2 Å². The molecule has 0 aliphatic rings. The normalized spacial score (nSPS) is 12.1. The zero-order chi connectivity index (χ0) is 23.5. The molecule has 0 radical (unpaired) electrons. The molecule has 4 rings (SSSR count). The number of ether oxygens (including phenoxy) is 2. The second-order valence-electron chi connectivity index (χ2n) is 6.88. The lowest BCUT2D eigenvalue weighted by molar-refractivity contribution is 0.0285. The summed E-state index contributed by atoms with van der Waals surface area (Å²) in [4.78, 5) is 16.9. The van der Waals surface area contributed by atoms with E-state index >= 15 is 0 Å². The van der Waals surface area contributed by atoms with Gasteiger partial charge in [0.2, 0.25) is 6.30 Å². The lowest BCUT2D eigenvalue weighted by atomic mass is 10.1. The van der Waals surface area contributed by atoms with Gasteiger partial charge in [0.15, 0.2) is 0 Å². The van der Waals surface area contributed by atoms with Crippen molar-refractivity contribution in [1.29, 1.82) is 0 Å². The number of alkyl halides is 3. The maximum atomic E-state index is 13.4. The molecule has 0 saturated carbocycles. The van der Waals surface area contributed by atoms with E-state index in [1.165, 1.54) is 26.4 Å². The van der Waals surface area contributed by atoms with E-state index in [9.17, 15) is 18.0 Å². The Hall–Kier alpha value is -4.15. The molecule has 2 heterocycles. The topological polar surface area (TPSA) is 91.2 Å². The fourth-order valence-corrected chi connectivity index (χ4v) is 3.38. The van der Waals surface area contributed by atoms with Gasteiger partial charge in [-0.25, -0.2) is 18.2 Å². The van der Waals surface area contributed by atoms with Crippen molar-refractivity contribution in [2.45, 2.75) is 12.7 Å². The molecule has 1 atom stereocenters. The van der Waals surface area contributed by atoms with E-state index in [1.807, 2.05) is 24.3 Å². The number of nitrogens with one attached hydrogen (secondary N) is 1. The molecule has 1 amide bonds. The van der Waals surface area contributed by atoms with Gasteiger partial charge in [-0.1, -0.05) is 6.07 Å². The molecule has 8 nitrogen and oxygen atoms in total. The molecule has 0 aliphatic carbocycles. The minimum atomic E-state index is -3.37. The summed E-state index contributed by atoms with van der Waals surface area (Å²) in [6, 6.07) is 10.5. The average Bonchev–Trinajstić information content (AvgIpc) is 3.26. The maximum absolute atomic E-state index is 13.4. The van der Waals surface area contributed by atoms with Gasteiger partial charge in [-0.05, 0) is 23.8 Å². The number of carbonyl (C=O) groups is 1. The number of amides is 1. The van der Waals surface area contributed by atoms with Crippen molar-refractivity contribution < 1.29 is 27.4 Å². The molecular weight excluding hydrogens is 439 g/mol. The van der Waals surface area contributed by atoms with Crippen LogP contribution in [0.2, 0.25) is 0 Å². The van der Waals surface area contributed by atoms with E-state index in [1.54, 1.807) is 28.6 Å². The molecule has 4 aromatic rings.